The first-order valence-corrected chi connectivity index (χ1v) is 10.6. The van der Waals surface area contributed by atoms with Crippen LogP contribution in [-0.2, 0) is 7.05 Å². The molecule has 8 nitrogen and oxygen atoms in total. The predicted octanol–water partition coefficient (Wildman–Crippen LogP) is 3.76. The first-order chi connectivity index (χ1) is 16.0. The number of pyridine rings is 1. The van der Waals surface area contributed by atoms with Crippen LogP contribution in [0.2, 0.25) is 0 Å². The van der Waals surface area contributed by atoms with Crippen LogP contribution in [0.5, 0.6) is 11.6 Å². The van der Waals surface area contributed by atoms with E-state index in [1.54, 1.807) is 30.3 Å². The van der Waals surface area contributed by atoms with Crippen molar-refractivity contribution in [1.29, 1.82) is 0 Å². The molecule has 0 atom stereocenters. The number of piperidine rings is 1. The average molecular weight is 452 g/mol. The quantitative estimate of drug-likeness (QED) is 0.456. The number of ether oxygens (including phenoxy) is 2. The summed E-state index contributed by atoms with van der Waals surface area (Å²) in [7, 11) is 3.41. The van der Waals surface area contributed by atoms with Crippen LogP contribution in [0.15, 0.2) is 42.9 Å². The number of methoxy groups -OCH3 is 1. The second kappa shape index (κ2) is 8.61. The molecule has 0 aliphatic carbocycles. The number of nitrogens with zero attached hydrogens (tertiary/aromatic N) is 6. The highest BCUT2D eigenvalue weighted by Crippen LogP contribution is 2.32. The molecule has 0 amide bonds. The van der Waals surface area contributed by atoms with E-state index in [-0.39, 0.29) is 11.9 Å². The van der Waals surface area contributed by atoms with E-state index < -0.39 is 11.6 Å². The SMILES string of the molecule is COc1cc2nc(N3CCC(Oc4ccc(F)cc4F)CC3)c(-c3cnn(C)c3)nc2cn1. The van der Waals surface area contributed by atoms with Gasteiger partial charge in [-0.1, -0.05) is 0 Å². The van der Waals surface area contributed by atoms with Gasteiger partial charge in [-0.15, -0.1) is 0 Å². The van der Waals surface area contributed by atoms with Gasteiger partial charge in [-0.05, 0) is 12.1 Å². The highest BCUT2D eigenvalue weighted by atomic mass is 19.1. The normalized spacial score (nSPS) is 14.6. The van der Waals surface area contributed by atoms with Gasteiger partial charge in [0.25, 0.3) is 0 Å². The number of halogens is 2. The average Bonchev–Trinajstić information content (AvgIpc) is 3.26. The monoisotopic (exact) mass is 452 g/mol. The van der Waals surface area contributed by atoms with Gasteiger partial charge in [0.15, 0.2) is 17.4 Å². The zero-order chi connectivity index (χ0) is 22.9. The Balaban J connectivity index is 1.42. The first kappa shape index (κ1) is 21.0. The maximum Gasteiger partial charge on any atom is 0.215 e. The molecule has 0 spiro atoms. The fraction of sp³-hybridized carbons (Fsp3) is 0.304. The molecule has 0 unspecified atom stereocenters. The van der Waals surface area contributed by atoms with Gasteiger partial charge in [-0.25, -0.2) is 23.7 Å². The summed E-state index contributed by atoms with van der Waals surface area (Å²) >= 11 is 0. The summed E-state index contributed by atoms with van der Waals surface area (Å²) in [6, 6.07) is 5.11. The molecule has 0 saturated carbocycles. The number of benzene rings is 1. The lowest BCUT2D eigenvalue weighted by Crippen LogP contribution is -2.39. The molecule has 1 aliphatic rings. The summed E-state index contributed by atoms with van der Waals surface area (Å²) < 4.78 is 39.9. The maximum atomic E-state index is 14.0. The van der Waals surface area contributed by atoms with E-state index >= 15 is 0 Å². The van der Waals surface area contributed by atoms with Crippen LogP contribution in [0, 0.1) is 11.6 Å². The van der Waals surface area contributed by atoms with Crippen molar-refractivity contribution in [2.75, 3.05) is 25.1 Å². The van der Waals surface area contributed by atoms with Gasteiger partial charge in [0.2, 0.25) is 5.88 Å². The third kappa shape index (κ3) is 4.28. The lowest BCUT2D eigenvalue weighted by atomic mass is 10.1. The van der Waals surface area contributed by atoms with E-state index in [1.165, 1.54) is 12.1 Å². The first-order valence-electron chi connectivity index (χ1n) is 10.6. The molecule has 0 N–H and O–H groups in total. The summed E-state index contributed by atoms with van der Waals surface area (Å²) in [5.41, 5.74) is 2.90. The molecule has 10 heteroatoms. The van der Waals surface area contributed by atoms with Crippen LogP contribution in [0.4, 0.5) is 14.6 Å². The molecular weight excluding hydrogens is 430 g/mol. The number of hydrogen-bond donors (Lipinski definition) is 0. The lowest BCUT2D eigenvalue weighted by Gasteiger charge is -2.33. The van der Waals surface area contributed by atoms with Crippen molar-refractivity contribution in [3.05, 3.63) is 54.5 Å². The molecule has 1 saturated heterocycles. The molecule has 4 aromatic rings. The number of aromatic nitrogens is 5. The van der Waals surface area contributed by atoms with E-state index in [4.69, 9.17) is 19.4 Å². The minimum absolute atomic E-state index is 0.0657. The van der Waals surface area contributed by atoms with Gasteiger partial charge in [-0.2, -0.15) is 5.10 Å². The van der Waals surface area contributed by atoms with Gasteiger partial charge in [0.05, 0.1) is 25.0 Å². The fourth-order valence-corrected chi connectivity index (χ4v) is 3.94. The van der Waals surface area contributed by atoms with Crippen LogP contribution in [0.3, 0.4) is 0 Å². The third-order valence-electron chi connectivity index (χ3n) is 5.62. The number of fused-ring (bicyclic) bond motifs is 1. The Hall–Kier alpha value is -3.82. The van der Waals surface area contributed by atoms with Crippen LogP contribution < -0.4 is 14.4 Å². The molecule has 0 bridgehead atoms. The lowest BCUT2D eigenvalue weighted by molar-refractivity contribution is 0.163. The van der Waals surface area contributed by atoms with Crippen LogP contribution in [-0.4, -0.2) is 51.0 Å². The Labute approximate surface area is 188 Å². The topological polar surface area (TPSA) is 78.2 Å². The Bertz CT molecular complexity index is 1300. The number of anilines is 1. The fourth-order valence-electron chi connectivity index (χ4n) is 3.94. The molecule has 4 heterocycles. The minimum Gasteiger partial charge on any atom is -0.487 e. The number of aryl methyl sites for hydroxylation is 1. The van der Waals surface area contributed by atoms with E-state index in [9.17, 15) is 8.78 Å². The molecule has 3 aromatic heterocycles. The van der Waals surface area contributed by atoms with E-state index in [1.807, 2.05) is 13.2 Å². The van der Waals surface area contributed by atoms with Gasteiger partial charge in [0.1, 0.15) is 23.1 Å². The van der Waals surface area contributed by atoms with Crippen molar-refractivity contribution in [3.63, 3.8) is 0 Å². The van der Waals surface area contributed by atoms with Crippen molar-refractivity contribution in [2.45, 2.75) is 18.9 Å². The van der Waals surface area contributed by atoms with Gasteiger partial charge < -0.3 is 14.4 Å². The number of hydrogen-bond acceptors (Lipinski definition) is 7. The minimum atomic E-state index is -0.695. The Kier molecular flexibility index (Phi) is 5.49. The summed E-state index contributed by atoms with van der Waals surface area (Å²) in [6.07, 6.45) is 6.42. The van der Waals surface area contributed by atoms with Crippen LogP contribution >= 0.6 is 0 Å². The van der Waals surface area contributed by atoms with Crippen LogP contribution in [0.1, 0.15) is 12.8 Å². The summed E-state index contributed by atoms with van der Waals surface area (Å²) in [6.45, 7) is 1.28. The molecule has 170 valence electrons. The van der Waals surface area contributed by atoms with Crippen molar-refractivity contribution in [3.8, 4) is 22.9 Å². The Morgan fingerprint density at radius 1 is 1.03 bits per heavy atom. The summed E-state index contributed by atoms with van der Waals surface area (Å²) in [4.78, 5) is 16.1. The highest BCUT2D eigenvalue weighted by molar-refractivity contribution is 5.83. The van der Waals surface area contributed by atoms with Crippen LogP contribution in [0.25, 0.3) is 22.3 Å². The summed E-state index contributed by atoms with van der Waals surface area (Å²) in [5, 5.41) is 4.27. The van der Waals surface area contributed by atoms with Gasteiger partial charge >= 0.3 is 0 Å². The standard InChI is InChI=1S/C23H22F2N6O2/c1-30-13-14(11-27-30)22-23(29-18-10-21(32-2)26-12-19(18)28-22)31-7-5-16(6-8-31)33-20-4-3-15(24)9-17(20)25/h3-4,9-13,16H,5-8H2,1-2H3. The zero-order valence-corrected chi connectivity index (χ0v) is 18.2. The molecule has 5 rings (SSSR count). The zero-order valence-electron chi connectivity index (χ0n) is 18.2. The van der Waals surface area contributed by atoms with Gasteiger partial charge in [0, 0.05) is 56.9 Å². The summed E-state index contributed by atoms with van der Waals surface area (Å²) in [5.74, 6) is -0.0602. The Morgan fingerprint density at radius 3 is 2.55 bits per heavy atom. The molecule has 1 fully saturated rings. The molecule has 1 aliphatic heterocycles. The second-order valence-electron chi connectivity index (χ2n) is 7.89. The third-order valence-corrected chi connectivity index (χ3v) is 5.62. The number of rotatable bonds is 5. The van der Waals surface area contributed by atoms with E-state index in [0.29, 0.717) is 48.5 Å². The highest BCUT2D eigenvalue weighted by Gasteiger charge is 2.26. The Morgan fingerprint density at radius 2 is 1.85 bits per heavy atom. The molecule has 0 radical (unpaired) electrons. The van der Waals surface area contributed by atoms with E-state index in [2.05, 4.69) is 15.0 Å². The molecular formula is C23H22F2N6O2. The molecule has 1 aromatic carbocycles. The van der Waals surface area contributed by atoms with E-state index in [0.717, 1.165) is 17.4 Å². The van der Waals surface area contributed by atoms with Crippen molar-refractivity contribution in [2.24, 2.45) is 7.05 Å². The van der Waals surface area contributed by atoms with Crippen molar-refractivity contribution in [1.82, 2.24) is 24.7 Å². The van der Waals surface area contributed by atoms with Crippen molar-refractivity contribution < 1.29 is 18.3 Å². The largest absolute Gasteiger partial charge is 0.487 e. The predicted molar refractivity (Wildman–Crippen MR) is 118 cm³/mol. The second-order valence-corrected chi connectivity index (χ2v) is 7.89. The van der Waals surface area contributed by atoms with Crippen molar-refractivity contribution >= 4 is 16.9 Å². The van der Waals surface area contributed by atoms with Gasteiger partial charge in [-0.3, -0.25) is 4.68 Å². The molecule has 33 heavy (non-hydrogen) atoms. The smallest absolute Gasteiger partial charge is 0.215 e. The maximum absolute atomic E-state index is 14.0.